The van der Waals surface area contributed by atoms with E-state index in [0.29, 0.717) is 6.42 Å². The Morgan fingerprint density at radius 3 is 2.24 bits per heavy atom. The van der Waals surface area contributed by atoms with Crippen molar-refractivity contribution in [2.24, 2.45) is 0 Å². The number of carbonyl (C=O) groups is 2. The first-order chi connectivity index (χ1) is 19.4. The van der Waals surface area contributed by atoms with Gasteiger partial charge in [0.25, 0.3) is 0 Å². The van der Waals surface area contributed by atoms with E-state index in [-0.39, 0.29) is 41.4 Å². The summed E-state index contributed by atoms with van der Waals surface area (Å²) in [6.45, 7) is 5.39. The van der Waals surface area contributed by atoms with Gasteiger partial charge >= 0.3 is 0 Å². The number of ether oxygens (including phenoxy) is 1. The summed E-state index contributed by atoms with van der Waals surface area (Å²) in [5, 5.41) is 3.30. The number of benzene rings is 3. The fraction of sp³-hybridized carbons (Fsp3) is 0.355. The van der Waals surface area contributed by atoms with Gasteiger partial charge in [0.15, 0.2) is 0 Å². The van der Waals surface area contributed by atoms with Gasteiger partial charge in [-0.25, -0.2) is 8.42 Å². The van der Waals surface area contributed by atoms with E-state index in [4.69, 9.17) is 16.3 Å². The number of nitrogens with zero attached hydrogens (tertiary/aromatic N) is 2. The third kappa shape index (κ3) is 8.96. The summed E-state index contributed by atoms with van der Waals surface area (Å²) in [5.41, 5.74) is 2.87. The molecule has 220 valence electrons. The number of hydrogen-bond acceptors (Lipinski definition) is 5. The second-order valence-corrected chi connectivity index (χ2v) is 12.5. The number of amides is 2. The molecule has 0 heterocycles. The van der Waals surface area contributed by atoms with Crippen LogP contribution in [0.25, 0.3) is 0 Å². The van der Waals surface area contributed by atoms with E-state index >= 15 is 0 Å². The van der Waals surface area contributed by atoms with E-state index in [1.807, 2.05) is 75.4 Å². The van der Waals surface area contributed by atoms with Crippen molar-refractivity contribution in [1.29, 1.82) is 0 Å². The Balaban J connectivity index is 2.10. The smallest absolute Gasteiger partial charge is 0.244 e. The SMILES string of the molecule is CC[C@@H](C)NC(=O)[C@@H](Cc1ccccc1)N(Cc1ccc(C)cc1)C(=O)CN(c1cc(Cl)ccc1OC)S(C)(=O)=O. The lowest BCUT2D eigenvalue weighted by Crippen LogP contribution is -2.54. The summed E-state index contributed by atoms with van der Waals surface area (Å²) in [6, 6.07) is 20.7. The Kier molecular flexibility index (Phi) is 11.2. The number of carbonyl (C=O) groups excluding carboxylic acids is 2. The molecule has 0 spiro atoms. The van der Waals surface area contributed by atoms with E-state index < -0.39 is 28.5 Å². The second kappa shape index (κ2) is 14.4. The van der Waals surface area contributed by atoms with Crippen LogP contribution >= 0.6 is 11.6 Å². The lowest BCUT2D eigenvalue weighted by molar-refractivity contribution is -0.140. The standard InChI is InChI=1S/C31H38ClN3O5S/c1-6-23(3)33-31(37)28(18-24-10-8-7-9-11-24)34(20-25-14-12-22(2)13-15-25)30(36)21-35(41(5,38)39)27-19-26(32)16-17-29(27)40-4/h7-17,19,23,28H,6,18,20-21H2,1-5H3,(H,33,37)/t23-,28-/m1/s1. The van der Waals surface area contributed by atoms with Crippen LogP contribution in [0.2, 0.25) is 5.02 Å². The average Bonchev–Trinajstić information content (AvgIpc) is 2.94. The second-order valence-electron chi connectivity index (χ2n) is 10.1. The van der Waals surface area contributed by atoms with Gasteiger partial charge in [-0.3, -0.25) is 13.9 Å². The molecule has 3 aromatic carbocycles. The van der Waals surface area contributed by atoms with Gasteiger partial charge in [-0.2, -0.15) is 0 Å². The van der Waals surface area contributed by atoms with Crippen molar-refractivity contribution in [1.82, 2.24) is 10.2 Å². The summed E-state index contributed by atoms with van der Waals surface area (Å²) >= 11 is 6.21. The summed E-state index contributed by atoms with van der Waals surface area (Å²) in [7, 11) is -2.54. The number of rotatable bonds is 13. The van der Waals surface area contributed by atoms with Crippen molar-refractivity contribution in [3.8, 4) is 5.75 Å². The van der Waals surface area contributed by atoms with Crippen molar-refractivity contribution in [3.63, 3.8) is 0 Å². The molecule has 0 unspecified atom stereocenters. The van der Waals surface area contributed by atoms with Crippen LogP contribution in [0.1, 0.15) is 37.0 Å². The minimum Gasteiger partial charge on any atom is -0.495 e. The highest BCUT2D eigenvalue weighted by Crippen LogP contribution is 2.33. The summed E-state index contributed by atoms with van der Waals surface area (Å²) in [5.74, 6) is -0.610. The number of sulfonamides is 1. The Morgan fingerprint density at radius 2 is 1.66 bits per heavy atom. The number of hydrogen-bond donors (Lipinski definition) is 1. The topological polar surface area (TPSA) is 96.0 Å². The van der Waals surface area contributed by atoms with E-state index in [0.717, 1.165) is 27.3 Å². The molecule has 0 aliphatic heterocycles. The van der Waals surface area contributed by atoms with E-state index in [9.17, 15) is 18.0 Å². The Morgan fingerprint density at radius 1 is 1.00 bits per heavy atom. The summed E-state index contributed by atoms with van der Waals surface area (Å²) < 4.78 is 32.4. The number of anilines is 1. The molecule has 0 saturated heterocycles. The van der Waals surface area contributed by atoms with Crippen LogP contribution in [0, 0.1) is 6.92 Å². The number of halogens is 1. The van der Waals surface area contributed by atoms with E-state index in [1.54, 1.807) is 12.1 Å². The van der Waals surface area contributed by atoms with Crippen molar-refractivity contribution in [2.75, 3.05) is 24.2 Å². The number of methoxy groups -OCH3 is 1. The molecular weight excluding hydrogens is 562 g/mol. The molecule has 2 atom stereocenters. The van der Waals surface area contributed by atoms with Crippen molar-refractivity contribution < 1.29 is 22.7 Å². The molecule has 0 aliphatic rings. The number of aryl methyl sites for hydroxylation is 1. The van der Waals surface area contributed by atoms with Crippen molar-refractivity contribution >= 4 is 39.1 Å². The predicted octanol–water partition coefficient (Wildman–Crippen LogP) is 4.98. The first-order valence-corrected chi connectivity index (χ1v) is 15.7. The first-order valence-electron chi connectivity index (χ1n) is 13.4. The largest absolute Gasteiger partial charge is 0.495 e. The molecular formula is C31H38ClN3O5S. The zero-order valence-electron chi connectivity index (χ0n) is 24.1. The lowest BCUT2D eigenvalue weighted by atomic mass is 10.0. The fourth-order valence-electron chi connectivity index (χ4n) is 4.34. The zero-order valence-corrected chi connectivity index (χ0v) is 25.7. The summed E-state index contributed by atoms with van der Waals surface area (Å²) in [6.07, 6.45) is 1.98. The normalized spacial score (nSPS) is 12.7. The van der Waals surface area contributed by atoms with Crippen LogP contribution in [0.5, 0.6) is 5.75 Å². The minimum absolute atomic E-state index is 0.106. The molecule has 1 N–H and O–H groups in total. The Labute approximate surface area is 248 Å². The third-order valence-corrected chi connectivity index (χ3v) is 8.20. The van der Waals surface area contributed by atoms with Crippen LogP contribution in [0.4, 0.5) is 5.69 Å². The highest BCUT2D eigenvalue weighted by Gasteiger charge is 2.34. The Bertz CT molecular complexity index is 1430. The zero-order chi connectivity index (χ0) is 30.2. The van der Waals surface area contributed by atoms with E-state index in [2.05, 4.69) is 5.32 Å². The molecule has 0 aromatic heterocycles. The molecule has 41 heavy (non-hydrogen) atoms. The van der Waals surface area contributed by atoms with Crippen LogP contribution in [0.15, 0.2) is 72.8 Å². The quantitative estimate of drug-likeness (QED) is 0.299. The van der Waals surface area contributed by atoms with Gasteiger partial charge in [-0.1, -0.05) is 78.7 Å². The fourth-order valence-corrected chi connectivity index (χ4v) is 5.35. The predicted molar refractivity (Wildman–Crippen MR) is 164 cm³/mol. The average molecular weight is 600 g/mol. The summed E-state index contributed by atoms with van der Waals surface area (Å²) in [4.78, 5) is 29.4. The molecule has 3 rings (SSSR count). The van der Waals surface area contributed by atoms with Gasteiger partial charge < -0.3 is 15.0 Å². The maximum absolute atomic E-state index is 14.2. The molecule has 0 bridgehead atoms. The molecule has 0 fully saturated rings. The van der Waals surface area contributed by atoms with Crippen LogP contribution in [0.3, 0.4) is 0 Å². The molecule has 8 nitrogen and oxygen atoms in total. The van der Waals surface area contributed by atoms with Crippen LogP contribution in [-0.2, 0) is 32.6 Å². The highest BCUT2D eigenvalue weighted by molar-refractivity contribution is 7.92. The van der Waals surface area contributed by atoms with Gasteiger partial charge in [0.1, 0.15) is 18.3 Å². The van der Waals surface area contributed by atoms with Gasteiger partial charge in [0.05, 0.1) is 19.1 Å². The third-order valence-electron chi connectivity index (χ3n) is 6.83. The molecule has 2 amide bonds. The highest BCUT2D eigenvalue weighted by atomic mass is 35.5. The minimum atomic E-state index is -3.96. The van der Waals surface area contributed by atoms with Gasteiger partial charge in [0, 0.05) is 24.0 Å². The molecule has 0 aliphatic carbocycles. The first kappa shape index (κ1) is 32.0. The molecule has 10 heteroatoms. The maximum atomic E-state index is 14.2. The van der Waals surface area contributed by atoms with Crippen molar-refractivity contribution in [2.45, 2.75) is 52.2 Å². The molecule has 0 saturated carbocycles. The van der Waals surface area contributed by atoms with Crippen molar-refractivity contribution in [3.05, 3.63) is 94.5 Å². The Hall–Kier alpha value is -3.56. The maximum Gasteiger partial charge on any atom is 0.244 e. The van der Waals surface area contributed by atoms with Crippen LogP contribution in [-0.4, -0.2) is 57.1 Å². The van der Waals surface area contributed by atoms with Gasteiger partial charge in [-0.15, -0.1) is 0 Å². The molecule has 3 aromatic rings. The lowest BCUT2D eigenvalue weighted by Gasteiger charge is -2.34. The van der Waals surface area contributed by atoms with Gasteiger partial charge in [-0.05, 0) is 49.6 Å². The van der Waals surface area contributed by atoms with Crippen LogP contribution < -0.4 is 14.4 Å². The monoisotopic (exact) mass is 599 g/mol. The van der Waals surface area contributed by atoms with Gasteiger partial charge in [0.2, 0.25) is 21.8 Å². The number of nitrogens with one attached hydrogen (secondary N) is 1. The molecule has 0 radical (unpaired) electrons. The van der Waals surface area contributed by atoms with E-state index in [1.165, 1.54) is 18.1 Å².